The van der Waals surface area contributed by atoms with E-state index in [1.165, 1.54) is 0 Å². The summed E-state index contributed by atoms with van der Waals surface area (Å²) in [7, 11) is 0. The topological polar surface area (TPSA) is 0 Å². The zero-order chi connectivity index (χ0) is 10.6. The Balaban J connectivity index is 3.19. The number of alkyl halides is 3. The van der Waals surface area contributed by atoms with Crippen molar-refractivity contribution in [3.05, 3.63) is 0 Å². The Bertz CT molecular complexity index is 237. The molecule has 0 radical (unpaired) electrons. The van der Waals surface area contributed by atoms with E-state index in [1.54, 1.807) is 0 Å². The van der Waals surface area contributed by atoms with Crippen LogP contribution in [0.5, 0.6) is 0 Å². The maximum absolute atomic E-state index is 5.44. The second-order valence-electron chi connectivity index (χ2n) is 2.67. The summed E-state index contributed by atoms with van der Waals surface area (Å²) < 4.78 is 0. The van der Waals surface area contributed by atoms with Gasteiger partial charge in [-0.05, 0) is 12.8 Å². The van der Waals surface area contributed by atoms with Gasteiger partial charge in [0.25, 0.3) is 0 Å². The molecule has 0 unspecified atom stereocenters. The third kappa shape index (κ3) is 12.0. The molecule has 0 aliphatic carbocycles. The molecule has 0 saturated heterocycles. The lowest BCUT2D eigenvalue weighted by molar-refractivity contribution is 0.709. The normalized spacial score (nSPS) is 8.86. The highest BCUT2D eigenvalue weighted by molar-refractivity contribution is 6.46. The van der Waals surface area contributed by atoms with Crippen LogP contribution in [0.3, 0.4) is 0 Å². The van der Waals surface area contributed by atoms with Gasteiger partial charge in [-0.15, -0.1) is 23.4 Å². The van der Waals surface area contributed by atoms with Gasteiger partial charge in [-0.25, -0.2) is 0 Å². The highest BCUT2D eigenvalue weighted by atomic mass is 35.5. The number of unbranched alkanes of at least 4 members (excludes halogenated alkanes) is 4. The van der Waals surface area contributed by atoms with Crippen LogP contribution in [0.4, 0.5) is 0 Å². The van der Waals surface area contributed by atoms with Gasteiger partial charge in [0.2, 0.25) is 0 Å². The fourth-order valence-electron chi connectivity index (χ4n) is 0.889. The van der Waals surface area contributed by atoms with E-state index in [9.17, 15) is 0 Å². The van der Waals surface area contributed by atoms with Gasteiger partial charge in [-0.1, -0.05) is 41.5 Å². The van der Waals surface area contributed by atoms with E-state index < -0.39 is 4.84 Å². The van der Waals surface area contributed by atoms with Crippen molar-refractivity contribution in [3.8, 4) is 23.7 Å². The molecule has 0 aromatic heterocycles. The Kier molecular flexibility index (Phi) is 11.1. The quantitative estimate of drug-likeness (QED) is 0.403. The van der Waals surface area contributed by atoms with E-state index >= 15 is 0 Å². The molecule has 0 aliphatic heterocycles. The average molecular weight is 252 g/mol. The van der Waals surface area contributed by atoms with Crippen molar-refractivity contribution >= 4 is 34.8 Å². The molecule has 0 rings (SSSR count). The van der Waals surface area contributed by atoms with Crippen LogP contribution in [0.15, 0.2) is 0 Å². The van der Waals surface area contributed by atoms with Gasteiger partial charge in [-0.2, -0.15) is 0 Å². The second-order valence-corrected chi connectivity index (χ2v) is 4.03. The van der Waals surface area contributed by atoms with Gasteiger partial charge >= 0.3 is 0 Å². The van der Waals surface area contributed by atoms with Crippen LogP contribution < -0.4 is 0 Å². The standard InChI is InChI=1S/C11H13Cl3/c12-10-8-6-4-2-1-3-5-7-9-11(13)14/h11H,1-5,10H2. The zero-order valence-corrected chi connectivity index (χ0v) is 10.2. The summed E-state index contributed by atoms with van der Waals surface area (Å²) in [6.07, 6.45) is 5.11. The van der Waals surface area contributed by atoms with Crippen LogP contribution in [0.2, 0.25) is 0 Å². The molecule has 0 aromatic rings. The molecule has 0 atom stereocenters. The van der Waals surface area contributed by atoms with E-state index in [2.05, 4.69) is 23.7 Å². The Morgan fingerprint density at radius 3 is 2.07 bits per heavy atom. The summed E-state index contributed by atoms with van der Waals surface area (Å²) in [5.74, 6) is 11.8. The maximum Gasteiger partial charge on any atom is 0.167 e. The van der Waals surface area contributed by atoms with Crippen molar-refractivity contribution in [2.75, 3.05) is 5.88 Å². The number of rotatable bonds is 4. The number of hydrogen-bond acceptors (Lipinski definition) is 0. The van der Waals surface area contributed by atoms with Crippen LogP contribution in [0.25, 0.3) is 0 Å². The zero-order valence-electron chi connectivity index (χ0n) is 7.95. The van der Waals surface area contributed by atoms with Crippen molar-refractivity contribution in [1.29, 1.82) is 0 Å². The summed E-state index contributed by atoms with van der Waals surface area (Å²) in [6, 6.07) is 0. The lowest BCUT2D eigenvalue weighted by atomic mass is 10.1. The Labute approximate surface area is 101 Å². The first kappa shape index (κ1) is 14.0. The van der Waals surface area contributed by atoms with Gasteiger partial charge in [-0.3, -0.25) is 0 Å². The molecule has 0 aromatic carbocycles. The van der Waals surface area contributed by atoms with Gasteiger partial charge in [0.1, 0.15) is 0 Å². The summed E-state index contributed by atoms with van der Waals surface area (Å²) in [6.45, 7) is 0. The van der Waals surface area contributed by atoms with Crippen molar-refractivity contribution in [3.63, 3.8) is 0 Å². The van der Waals surface area contributed by atoms with Crippen LogP contribution in [0.1, 0.15) is 32.1 Å². The second kappa shape index (κ2) is 11.1. The van der Waals surface area contributed by atoms with E-state index in [1.807, 2.05) is 0 Å². The van der Waals surface area contributed by atoms with E-state index in [4.69, 9.17) is 34.8 Å². The highest BCUT2D eigenvalue weighted by Gasteiger charge is 1.88. The molecule has 78 valence electrons. The SMILES string of the molecule is ClCC#CCCCCCC#CC(Cl)Cl. The average Bonchev–Trinajstić information content (AvgIpc) is 2.15. The molecule has 0 nitrogen and oxygen atoms in total. The smallest absolute Gasteiger partial charge is 0.113 e. The first-order chi connectivity index (χ1) is 6.77. The van der Waals surface area contributed by atoms with Crippen LogP contribution in [-0.2, 0) is 0 Å². The van der Waals surface area contributed by atoms with E-state index in [0.29, 0.717) is 5.88 Å². The van der Waals surface area contributed by atoms with Gasteiger partial charge in [0.05, 0.1) is 5.88 Å². The van der Waals surface area contributed by atoms with Crippen molar-refractivity contribution < 1.29 is 0 Å². The Hall–Kier alpha value is -0.0100. The lowest BCUT2D eigenvalue weighted by Gasteiger charge is -1.92. The third-order valence-corrected chi connectivity index (χ3v) is 1.86. The fourth-order valence-corrected chi connectivity index (χ4v) is 1.14. The van der Waals surface area contributed by atoms with Crippen LogP contribution in [-0.4, -0.2) is 10.7 Å². The van der Waals surface area contributed by atoms with Gasteiger partial charge < -0.3 is 0 Å². The van der Waals surface area contributed by atoms with Crippen molar-refractivity contribution in [2.24, 2.45) is 0 Å². The summed E-state index contributed by atoms with van der Waals surface area (Å²) in [4.78, 5) is -0.551. The van der Waals surface area contributed by atoms with Gasteiger partial charge in [0, 0.05) is 12.8 Å². The van der Waals surface area contributed by atoms with E-state index in [-0.39, 0.29) is 0 Å². The Morgan fingerprint density at radius 1 is 0.857 bits per heavy atom. The molecular weight excluding hydrogens is 238 g/mol. The molecule has 0 N–H and O–H groups in total. The molecular formula is C11H13Cl3. The monoisotopic (exact) mass is 250 g/mol. The maximum atomic E-state index is 5.44. The first-order valence-electron chi connectivity index (χ1n) is 4.55. The molecule has 14 heavy (non-hydrogen) atoms. The fraction of sp³-hybridized carbons (Fsp3) is 0.636. The molecule has 0 aliphatic rings. The molecule has 0 fully saturated rings. The largest absolute Gasteiger partial charge is 0.167 e. The van der Waals surface area contributed by atoms with Crippen molar-refractivity contribution in [1.82, 2.24) is 0 Å². The van der Waals surface area contributed by atoms with Crippen LogP contribution in [0, 0.1) is 23.7 Å². The van der Waals surface area contributed by atoms with Crippen molar-refractivity contribution in [2.45, 2.75) is 36.9 Å². The summed E-state index contributed by atoms with van der Waals surface area (Å²) in [5.41, 5.74) is 0. The first-order valence-corrected chi connectivity index (χ1v) is 5.96. The number of hydrogen-bond donors (Lipinski definition) is 0. The Morgan fingerprint density at radius 2 is 1.50 bits per heavy atom. The molecule has 0 spiro atoms. The minimum absolute atomic E-state index is 0.429. The molecule has 0 saturated carbocycles. The third-order valence-electron chi connectivity index (χ3n) is 1.51. The molecule has 0 bridgehead atoms. The minimum atomic E-state index is -0.551. The lowest BCUT2D eigenvalue weighted by Crippen LogP contribution is -1.79. The predicted molar refractivity (Wildman–Crippen MR) is 64.9 cm³/mol. The summed E-state index contributed by atoms with van der Waals surface area (Å²) in [5, 5.41) is 0. The molecule has 0 heterocycles. The van der Waals surface area contributed by atoms with E-state index in [0.717, 1.165) is 32.1 Å². The predicted octanol–water partition coefficient (Wildman–Crippen LogP) is 3.99. The highest BCUT2D eigenvalue weighted by Crippen LogP contribution is 2.02. The summed E-state index contributed by atoms with van der Waals surface area (Å²) >= 11 is 16.3. The van der Waals surface area contributed by atoms with Crippen LogP contribution >= 0.6 is 34.8 Å². The molecule has 3 heteroatoms. The van der Waals surface area contributed by atoms with Gasteiger partial charge in [0.15, 0.2) is 4.84 Å². The number of halogens is 3. The molecule has 0 amide bonds. The minimum Gasteiger partial charge on any atom is -0.113 e.